The standard InChI is InChI=1S/C12H15NO7S/c1-8(14)12(19-2,20-3)11(15)13-9-5-4-6-10(7-9)21(16,17)18/h4-7H,1-3H3,(H,13,15)(H,16,17,18). The first-order chi connectivity index (χ1) is 9.67. The van der Waals surface area contributed by atoms with E-state index in [4.69, 9.17) is 14.0 Å². The molecule has 0 saturated heterocycles. The minimum absolute atomic E-state index is 0.0508. The smallest absolute Gasteiger partial charge is 0.310 e. The van der Waals surface area contributed by atoms with Gasteiger partial charge in [-0.25, -0.2) is 0 Å². The third kappa shape index (κ3) is 3.64. The van der Waals surface area contributed by atoms with Crippen molar-refractivity contribution in [3.63, 3.8) is 0 Å². The second kappa shape index (κ2) is 6.31. The topological polar surface area (TPSA) is 119 Å². The number of ketones is 1. The molecule has 1 aromatic rings. The highest BCUT2D eigenvalue weighted by atomic mass is 32.2. The Morgan fingerprint density at radius 2 is 1.81 bits per heavy atom. The molecule has 0 aliphatic carbocycles. The van der Waals surface area contributed by atoms with E-state index >= 15 is 0 Å². The van der Waals surface area contributed by atoms with Crippen LogP contribution in [0.2, 0.25) is 0 Å². The molecule has 0 radical (unpaired) electrons. The largest absolute Gasteiger partial charge is 0.340 e. The van der Waals surface area contributed by atoms with E-state index in [0.717, 1.165) is 33.3 Å². The van der Waals surface area contributed by atoms with Crippen molar-refractivity contribution in [2.24, 2.45) is 0 Å². The van der Waals surface area contributed by atoms with E-state index in [1.165, 1.54) is 12.1 Å². The summed E-state index contributed by atoms with van der Waals surface area (Å²) in [4.78, 5) is 23.2. The Morgan fingerprint density at radius 1 is 1.24 bits per heavy atom. The summed E-state index contributed by atoms with van der Waals surface area (Å²) >= 11 is 0. The maximum atomic E-state index is 12.1. The number of nitrogens with one attached hydrogen (secondary N) is 1. The zero-order chi connectivity index (χ0) is 16.3. The van der Waals surface area contributed by atoms with Crippen LogP contribution in [-0.4, -0.2) is 44.7 Å². The lowest BCUT2D eigenvalue weighted by Gasteiger charge is -2.26. The van der Waals surface area contributed by atoms with Gasteiger partial charge in [-0.05, 0) is 18.2 Å². The minimum Gasteiger partial charge on any atom is -0.340 e. The third-order valence-electron chi connectivity index (χ3n) is 2.73. The fraction of sp³-hybridized carbons (Fsp3) is 0.333. The first kappa shape index (κ1) is 17.2. The van der Waals surface area contributed by atoms with Gasteiger partial charge in [0.05, 0.1) is 4.90 Å². The number of hydrogen-bond donors (Lipinski definition) is 2. The Kier molecular flexibility index (Phi) is 5.18. The van der Waals surface area contributed by atoms with Crippen LogP contribution in [0.25, 0.3) is 0 Å². The van der Waals surface area contributed by atoms with Crippen LogP contribution in [0.3, 0.4) is 0 Å². The van der Waals surface area contributed by atoms with Crippen LogP contribution in [0, 0.1) is 0 Å². The zero-order valence-corrected chi connectivity index (χ0v) is 12.4. The molecule has 0 heterocycles. The van der Waals surface area contributed by atoms with Gasteiger partial charge in [-0.2, -0.15) is 8.42 Å². The molecule has 9 heteroatoms. The van der Waals surface area contributed by atoms with Crippen LogP contribution in [0.1, 0.15) is 6.92 Å². The first-order valence-corrected chi connectivity index (χ1v) is 7.11. The normalized spacial score (nSPS) is 12.0. The lowest BCUT2D eigenvalue weighted by molar-refractivity contribution is -0.203. The van der Waals surface area contributed by atoms with Gasteiger partial charge in [0.2, 0.25) is 0 Å². The van der Waals surface area contributed by atoms with Gasteiger partial charge in [-0.3, -0.25) is 14.1 Å². The van der Waals surface area contributed by atoms with Crippen molar-refractivity contribution in [2.45, 2.75) is 17.6 Å². The maximum Gasteiger partial charge on any atom is 0.310 e. The van der Waals surface area contributed by atoms with Crippen LogP contribution in [0.4, 0.5) is 5.69 Å². The van der Waals surface area contributed by atoms with Gasteiger partial charge in [0.25, 0.3) is 16.0 Å². The monoisotopic (exact) mass is 317 g/mol. The van der Waals surface area contributed by atoms with Crippen LogP contribution < -0.4 is 5.32 Å². The zero-order valence-electron chi connectivity index (χ0n) is 11.6. The predicted octanol–water partition coefficient (Wildman–Crippen LogP) is 0.450. The molecule has 1 amide bonds. The summed E-state index contributed by atoms with van der Waals surface area (Å²) in [6, 6.07) is 4.87. The number of ether oxygens (including phenoxy) is 2. The van der Waals surface area contributed by atoms with Crippen molar-refractivity contribution in [1.82, 2.24) is 0 Å². The van der Waals surface area contributed by atoms with Gasteiger partial charge in [0.1, 0.15) is 0 Å². The molecule has 2 N–H and O–H groups in total. The van der Waals surface area contributed by atoms with E-state index in [1.54, 1.807) is 0 Å². The van der Waals surface area contributed by atoms with Gasteiger partial charge < -0.3 is 14.8 Å². The summed E-state index contributed by atoms with van der Waals surface area (Å²) in [6.45, 7) is 1.11. The van der Waals surface area contributed by atoms with E-state index in [2.05, 4.69) is 5.32 Å². The summed E-state index contributed by atoms with van der Waals surface area (Å²) < 4.78 is 40.7. The van der Waals surface area contributed by atoms with Crippen molar-refractivity contribution >= 4 is 27.5 Å². The van der Waals surface area contributed by atoms with Gasteiger partial charge in [0, 0.05) is 26.8 Å². The number of methoxy groups -OCH3 is 2. The summed E-state index contributed by atoms with van der Waals surface area (Å²) in [5.41, 5.74) is 0.0508. The van der Waals surface area contributed by atoms with E-state index in [0.29, 0.717) is 0 Å². The molecular weight excluding hydrogens is 302 g/mol. The molecule has 8 nitrogen and oxygen atoms in total. The fourth-order valence-electron chi connectivity index (χ4n) is 1.66. The highest BCUT2D eigenvalue weighted by Crippen LogP contribution is 2.19. The maximum absolute atomic E-state index is 12.1. The Balaban J connectivity index is 3.11. The molecule has 0 unspecified atom stereocenters. The van der Waals surface area contributed by atoms with Gasteiger partial charge in [-0.1, -0.05) is 6.07 Å². The second-order valence-corrected chi connectivity index (χ2v) is 5.46. The second-order valence-electron chi connectivity index (χ2n) is 4.04. The predicted molar refractivity (Wildman–Crippen MR) is 72.3 cm³/mol. The number of amides is 1. The van der Waals surface area contributed by atoms with Gasteiger partial charge >= 0.3 is 5.79 Å². The van der Waals surface area contributed by atoms with Crippen molar-refractivity contribution in [1.29, 1.82) is 0 Å². The Morgan fingerprint density at radius 3 is 2.24 bits per heavy atom. The molecule has 0 fully saturated rings. The Hall–Kier alpha value is -1.81. The Bertz CT molecular complexity index is 649. The quantitative estimate of drug-likeness (QED) is 0.444. The summed E-state index contributed by atoms with van der Waals surface area (Å²) in [7, 11) is -2.16. The number of rotatable bonds is 6. The molecule has 1 rings (SSSR count). The number of benzene rings is 1. The number of Topliss-reactive ketones (excluding diaryl/α,β-unsaturated/α-hetero) is 1. The van der Waals surface area contributed by atoms with Crippen molar-refractivity contribution in [2.75, 3.05) is 19.5 Å². The average Bonchev–Trinajstić information content (AvgIpc) is 2.39. The average molecular weight is 317 g/mol. The van der Waals surface area contributed by atoms with Crippen LogP contribution in [0.15, 0.2) is 29.2 Å². The Labute approximate surface area is 121 Å². The first-order valence-electron chi connectivity index (χ1n) is 5.67. The van der Waals surface area contributed by atoms with Crippen molar-refractivity contribution in [3.05, 3.63) is 24.3 Å². The molecule has 0 bridgehead atoms. The van der Waals surface area contributed by atoms with Crippen molar-refractivity contribution < 1.29 is 32.0 Å². The van der Waals surface area contributed by atoms with Crippen molar-refractivity contribution in [3.8, 4) is 0 Å². The summed E-state index contributed by atoms with van der Waals surface area (Å²) in [5.74, 6) is -3.74. The SMILES string of the molecule is COC(OC)(C(C)=O)C(=O)Nc1cccc(S(=O)(=O)O)c1. The molecule has 21 heavy (non-hydrogen) atoms. The third-order valence-corrected chi connectivity index (χ3v) is 3.58. The molecule has 1 aromatic carbocycles. The molecule has 0 aliphatic rings. The molecule has 0 spiro atoms. The number of carbonyl (C=O) groups excluding carboxylic acids is 2. The van der Waals surface area contributed by atoms with E-state index < -0.39 is 32.5 Å². The molecule has 0 saturated carbocycles. The lowest BCUT2D eigenvalue weighted by atomic mass is 10.1. The molecular formula is C12H15NO7S. The molecule has 0 atom stereocenters. The lowest BCUT2D eigenvalue weighted by Crippen LogP contribution is -2.52. The van der Waals surface area contributed by atoms with Crippen LogP contribution in [0.5, 0.6) is 0 Å². The van der Waals surface area contributed by atoms with E-state index in [9.17, 15) is 18.0 Å². The van der Waals surface area contributed by atoms with Crippen LogP contribution >= 0.6 is 0 Å². The number of carbonyl (C=O) groups is 2. The highest BCUT2D eigenvalue weighted by molar-refractivity contribution is 7.85. The summed E-state index contributed by atoms with van der Waals surface area (Å²) in [6.07, 6.45) is 0. The number of anilines is 1. The molecule has 0 aliphatic heterocycles. The van der Waals surface area contributed by atoms with E-state index in [1.807, 2.05) is 0 Å². The van der Waals surface area contributed by atoms with Crippen LogP contribution in [-0.2, 0) is 29.2 Å². The number of hydrogen-bond acceptors (Lipinski definition) is 6. The summed E-state index contributed by atoms with van der Waals surface area (Å²) in [5, 5.41) is 2.29. The van der Waals surface area contributed by atoms with Gasteiger partial charge in [0.15, 0.2) is 5.78 Å². The van der Waals surface area contributed by atoms with Gasteiger partial charge in [-0.15, -0.1) is 0 Å². The van der Waals surface area contributed by atoms with E-state index in [-0.39, 0.29) is 5.69 Å². The minimum atomic E-state index is -4.40. The molecule has 116 valence electrons. The highest BCUT2D eigenvalue weighted by Gasteiger charge is 2.44. The molecule has 0 aromatic heterocycles. The fourth-order valence-corrected chi connectivity index (χ4v) is 2.19.